The number of allylic oxidation sites excluding steroid dienone is 1. The van der Waals surface area contributed by atoms with Crippen LogP contribution in [0.15, 0.2) is 47.6 Å². The number of carbonyl (C=O) groups excluding carboxylic acids is 2. The van der Waals surface area contributed by atoms with Crippen LogP contribution in [0.1, 0.15) is 20.3 Å². The van der Waals surface area contributed by atoms with Crippen molar-refractivity contribution in [1.29, 1.82) is 0 Å². The predicted octanol–water partition coefficient (Wildman–Crippen LogP) is 1.33. The minimum atomic E-state index is -1.05. The highest BCUT2D eigenvalue weighted by atomic mass is 127. The number of morpholine rings is 1. The Hall–Kier alpha value is -1.99. The first kappa shape index (κ1) is 28.6. The molecular formula is C26H36IN3O6. The van der Waals surface area contributed by atoms with Crippen LogP contribution >= 0.6 is 22.6 Å². The van der Waals surface area contributed by atoms with E-state index in [0.29, 0.717) is 37.6 Å². The first-order chi connectivity index (χ1) is 17.3. The van der Waals surface area contributed by atoms with Gasteiger partial charge in [0.15, 0.2) is 0 Å². The van der Waals surface area contributed by atoms with Crippen molar-refractivity contribution in [2.45, 2.75) is 38.5 Å². The maximum Gasteiger partial charge on any atom is 0.247 e. The Balaban J connectivity index is 1.90. The van der Waals surface area contributed by atoms with Crippen molar-refractivity contribution in [1.82, 2.24) is 15.1 Å². The van der Waals surface area contributed by atoms with Gasteiger partial charge in [-0.3, -0.25) is 14.5 Å². The van der Waals surface area contributed by atoms with E-state index in [4.69, 9.17) is 14.6 Å². The van der Waals surface area contributed by atoms with Crippen LogP contribution in [0.5, 0.6) is 5.75 Å². The van der Waals surface area contributed by atoms with Gasteiger partial charge in [0, 0.05) is 50.8 Å². The van der Waals surface area contributed by atoms with Gasteiger partial charge in [-0.15, -0.1) is 0 Å². The summed E-state index contributed by atoms with van der Waals surface area (Å²) in [6.45, 7) is 7.53. The number of hydrogen-bond acceptors (Lipinski definition) is 7. The zero-order valence-corrected chi connectivity index (χ0v) is 23.0. The van der Waals surface area contributed by atoms with Crippen LogP contribution in [0.2, 0.25) is 0 Å². The summed E-state index contributed by atoms with van der Waals surface area (Å²) in [5.74, 6) is 0.0297. The van der Waals surface area contributed by atoms with Gasteiger partial charge < -0.3 is 29.9 Å². The monoisotopic (exact) mass is 613 g/mol. The Morgan fingerprint density at radius 3 is 2.67 bits per heavy atom. The highest BCUT2D eigenvalue weighted by Crippen LogP contribution is 2.30. The summed E-state index contributed by atoms with van der Waals surface area (Å²) in [4.78, 5) is 30.1. The molecule has 1 aliphatic heterocycles. The summed E-state index contributed by atoms with van der Waals surface area (Å²) in [6.07, 6.45) is 1.48. The highest BCUT2D eigenvalue weighted by molar-refractivity contribution is 14.1. The first-order valence-corrected chi connectivity index (χ1v) is 13.3. The summed E-state index contributed by atoms with van der Waals surface area (Å²) in [5.41, 5.74) is 1.26. The number of halogens is 1. The lowest BCUT2D eigenvalue weighted by molar-refractivity contribution is -0.134. The van der Waals surface area contributed by atoms with Crippen molar-refractivity contribution >= 4 is 34.4 Å². The van der Waals surface area contributed by atoms with Gasteiger partial charge in [0.05, 0.1) is 29.4 Å². The van der Waals surface area contributed by atoms with E-state index < -0.39 is 18.2 Å². The third-order valence-corrected chi connectivity index (χ3v) is 7.06. The molecule has 1 heterocycles. The number of aliphatic hydroxyl groups is 2. The molecule has 10 heteroatoms. The number of carbonyl (C=O) groups is 2. The van der Waals surface area contributed by atoms with Gasteiger partial charge in [-0.2, -0.15) is 0 Å². The number of nitrogens with zero attached hydrogens (tertiary/aromatic N) is 2. The summed E-state index contributed by atoms with van der Waals surface area (Å²) < 4.78 is 12.5. The van der Waals surface area contributed by atoms with Gasteiger partial charge in [0.2, 0.25) is 11.8 Å². The normalized spacial score (nSPS) is 22.4. The molecule has 1 saturated heterocycles. The zero-order chi connectivity index (χ0) is 26.1. The van der Waals surface area contributed by atoms with E-state index in [1.165, 1.54) is 0 Å². The molecule has 0 radical (unpaired) electrons. The van der Waals surface area contributed by atoms with Crippen LogP contribution in [-0.2, 0) is 14.3 Å². The number of hydrogen-bond donors (Lipinski definition) is 3. The molecule has 1 fully saturated rings. The van der Waals surface area contributed by atoms with E-state index in [1.54, 1.807) is 17.1 Å². The van der Waals surface area contributed by atoms with Crippen LogP contribution in [0.3, 0.4) is 0 Å². The van der Waals surface area contributed by atoms with Gasteiger partial charge in [-0.1, -0.05) is 17.7 Å². The molecule has 3 N–H and O–H groups in total. The summed E-state index contributed by atoms with van der Waals surface area (Å²) in [7, 11) is 0. The lowest BCUT2D eigenvalue weighted by Crippen LogP contribution is -2.56. The van der Waals surface area contributed by atoms with Crippen LogP contribution in [0.4, 0.5) is 0 Å². The Kier molecular flexibility index (Phi) is 11.2. The molecule has 3 atom stereocenters. The highest BCUT2D eigenvalue weighted by Gasteiger charge is 2.40. The molecule has 198 valence electrons. The van der Waals surface area contributed by atoms with Gasteiger partial charge in [-0.05, 0) is 54.6 Å². The third-order valence-electron chi connectivity index (χ3n) is 6.17. The summed E-state index contributed by atoms with van der Waals surface area (Å²) >= 11 is 2.16. The predicted molar refractivity (Wildman–Crippen MR) is 145 cm³/mol. The van der Waals surface area contributed by atoms with Gasteiger partial charge in [0.25, 0.3) is 0 Å². The van der Waals surface area contributed by atoms with Crippen molar-refractivity contribution in [2.75, 3.05) is 52.5 Å². The molecule has 0 spiro atoms. The number of aliphatic hydroxyl groups excluding tert-OH is 2. The molecular weight excluding hydrogens is 577 g/mol. The number of amides is 2. The Bertz CT molecular complexity index is 959. The second-order valence-electron chi connectivity index (χ2n) is 9.15. The Morgan fingerprint density at radius 2 is 2.00 bits per heavy atom. The van der Waals surface area contributed by atoms with Crippen LogP contribution in [-0.4, -0.2) is 103 Å². The average molecular weight is 613 g/mol. The molecule has 3 rings (SSSR count). The fraction of sp³-hybridized carbons (Fsp3) is 0.538. The van der Waals surface area contributed by atoms with Crippen LogP contribution in [0, 0.1) is 3.57 Å². The van der Waals surface area contributed by atoms with Crippen molar-refractivity contribution in [3.05, 3.63) is 51.1 Å². The first-order valence-electron chi connectivity index (χ1n) is 12.2. The Labute approximate surface area is 226 Å². The second-order valence-corrected chi connectivity index (χ2v) is 10.3. The van der Waals surface area contributed by atoms with Gasteiger partial charge >= 0.3 is 0 Å². The lowest BCUT2D eigenvalue weighted by atomic mass is 9.88. The van der Waals surface area contributed by atoms with E-state index in [-0.39, 0.29) is 31.4 Å². The van der Waals surface area contributed by atoms with Crippen LogP contribution < -0.4 is 10.1 Å². The lowest BCUT2D eigenvalue weighted by Gasteiger charge is -2.41. The van der Waals surface area contributed by atoms with E-state index >= 15 is 0 Å². The van der Waals surface area contributed by atoms with Crippen LogP contribution in [0.25, 0.3) is 0 Å². The van der Waals surface area contributed by atoms with Crippen molar-refractivity contribution in [3.63, 3.8) is 0 Å². The smallest absolute Gasteiger partial charge is 0.247 e. The van der Waals surface area contributed by atoms with Crippen molar-refractivity contribution in [2.24, 2.45) is 0 Å². The number of para-hydroxylation sites is 1. The number of ether oxygens (including phenoxy) is 2. The molecule has 0 saturated carbocycles. The number of benzene rings is 1. The van der Waals surface area contributed by atoms with E-state index in [2.05, 4.69) is 32.8 Å². The molecule has 1 aromatic rings. The van der Waals surface area contributed by atoms with Crippen molar-refractivity contribution < 1.29 is 29.3 Å². The SMILES string of the molecule is CC(C)=CC(=O)N(CCN1CCOCC1)C1CC(C(=O)NCCO)=CC(Oc2ccccc2I)C1O. The molecule has 36 heavy (non-hydrogen) atoms. The Morgan fingerprint density at radius 1 is 1.28 bits per heavy atom. The molecule has 1 aliphatic carbocycles. The second kappa shape index (κ2) is 14.1. The number of nitrogens with one attached hydrogen (secondary N) is 1. The average Bonchev–Trinajstić information content (AvgIpc) is 2.86. The van der Waals surface area contributed by atoms with E-state index in [0.717, 1.165) is 22.2 Å². The third kappa shape index (κ3) is 8.01. The number of rotatable bonds is 10. The fourth-order valence-corrected chi connectivity index (χ4v) is 4.82. The minimum Gasteiger partial charge on any atom is -0.482 e. The van der Waals surface area contributed by atoms with Gasteiger partial charge in [0.1, 0.15) is 18.0 Å². The van der Waals surface area contributed by atoms with Gasteiger partial charge in [-0.25, -0.2) is 0 Å². The maximum absolute atomic E-state index is 13.3. The maximum atomic E-state index is 13.3. The molecule has 2 amide bonds. The van der Waals surface area contributed by atoms with E-state index in [1.807, 2.05) is 38.1 Å². The molecule has 3 unspecified atom stereocenters. The topological polar surface area (TPSA) is 112 Å². The quantitative estimate of drug-likeness (QED) is 0.270. The summed E-state index contributed by atoms with van der Waals surface area (Å²) in [5, 5.41) is 23.3. The molecule has 0 bridgehead atoms. The standard InChI is InChI=1S/C26H36IN3O6/c1-18(2)15-24(32)30(9-8-29-10-13-35-14-11-29)21-16-19(26(34)28-7-12-31)17-23(25(21)33)36-22-6-4-3-5-20(22)27/h3-6,15,17,21,23,25,31,33H,7-14,16H2,1-2H3,(H,28,34). The summed E-state index contributed by atoms with van der Waals surface area (Å²) in [6, 6.07) is 6.77. The minimum absolute atomic E-state index is 0.114. The zero-order valence-electron chi connectivity index (χ0n) is 20.9. The van der Waals surface area contributed by atoms with E-state index in [9.17, 15) is 14.7 Å². The fourth-order valence-electron chi connectivity index (χ4n) is 4.31. The molecule has 2 aliphatic rings. The largest absolute Gasteiger partial charge is 0.482 e. The molecule has 1 aromatic carbocycles. The molecule has 9 nitrogen and oxygen atoms in total. The van der Waals surface area contributed by atoms with Crippen molar-refractivity contribution in [3.8, 4) is 5.75 Å². The molecule has 0 aromatic heterocycles.